The van der Waals surface area contributed by atoms with Crippen molar-refractivity contribution in [2.24, 2.45) is 17.3 Å². The standard InChI is InChI=1S/C19H23Cl2FN2O2/c1-19(7-3-4-8-19)16(14-13(22)6-5-12(20)15(14)21)24-18(26)11-9-10(11)17(25)23-2/h5-6,10-11,16H,3-4,7-9H2,1-2H3,(H,23,25)(H,24,26)/t10-,11-,16-/m1/s1. The van der Waals surface area contributed by atoms with E-state index < -0.39 is 11.9 Å². The van der Waals surface area contributed by atoms with Crippen LogP contribution in [0.1, 0.15) is 50.6 Å². The lowest BCUT2D eigenvalue weighted by atomic mass is 9.77. The third-order valence-corrected chi connectivity index (χ3v) is 6.63. The van der Waals surface area contributed by atoms with Crippen molar-refractivity contribution in [1.29, 1.82) is 0 Å². The summed E-state index contributed by atoms with van der Waals surface area (Å²) < 4.78 is 14.7. The number of nitrogens with one attached hydrogen (secondary N) is 2. The number of benzene rings is 1. The van der Waals surface area contributed by atoms with Gasteiger partial charge in [0.15, 0.2) is 0 Å². The van der Waals surface area contributed by atoms with E-state index in [1.54, 1.807) is 7.05 Å². The lowest BCUT2D eigenvalue weighted by molar-refractivity contribution is -0.128. The average molecular weight is 401 g/mol. The van der Waals surface area contributed by atoms with Crippen LogP contribution in [0, 0.1) is 23.1 Å². The molecule has 7 heteroatoms. The fourth-order valence-corrected chi connectivity index (χ4v) is 4.51. The van der Waals surface area contributed by atoms with Crippen LogP contribution in [0.25, 0.3) is 0 Å². The van der Waals surface area contributed by atoms with Gasteiger partial charge in [-0.3, -0.25) is 9.59 Å². The Bertz CT molecular complexity index is 734. The third-order valence-electron chi connectivity index (χ3n) is 5.81. The van der Waals surface area contributed by atoms with Gasteiger partial charge in [0.05, 0.1) is 27.9 Å². The molecule has 0 spiro atoms. The minimum absolute atomic E-state index is 0.138. The molecule has 142 valence electrons. The Kier molecular flexibility index (Phi) is 5.50. The third kappa shape index (κ3) is 3.56. The van der Waals surface area contributed by atoms with Gasteiger partial charge in [0.2, 0.25) is 11.8 Å². The molecular weight excluding hydrogens is 378 g/mol. The molecule has 2 saturated carbocycles. The maximum absolute atomic E-state index is 14.7. The van der Waals surface area contributed by atoms with E-state index >= 15 is 0 Å². The van der Waals surface area contributed by atoms with Gasteiger partial charge in [0, 0.05) is 12.6 Å². The van der Waals surface area contributed by atoms with E-state index in [0.717, 1.165) is 25.7 Å². The van der Waals surface area contributed by atoms with Crippen molar-refractivity contribution in [3.8, 4) is 0 Å². The number of hydrogen-bond acceptors (Lipinski definition) is 2. The van der Waals surface area contributed by atoms with Gasteiger partial charge in [0.1, 0.15) is 5.82 Å². The summed E-state index contributed by atoms with van der Waals surface area (Å²) in [5.74, 6) is -1.52. The van der Waals surface area contributed by atoms with Crippen LogP contribution in [-0.4, -0.2) is 18.9 Å². The summed E-state index contributed by atoms with van der Waals surface area (Å²) in [5, 5.41) is 5.97. The highest BCUT2D eigenvalue weighted by Gasteiger charge is 2.50. The van der Waals surface area contributed by atoms with Crippen LogP contribution in [0.3, 0.4) is 0 Å². The van der Waals surface area contributed by atoms with Crippen molar-refractivity contribution < 1.29 is 14.0 Å². The Hall–Kier alpha value is -1.33. The molecule has 3 atom stereocenters. The molecule has 0 unspecified atom stereocenters. The second kappa shape index (κ2) is 7.35. The second-order valence-corrected chi connectivity index (χ2v) is 8.41. The highest BCUT2D eigenvalue weighted by molar-refractivity contribution is 6.42. The Morgan fingerprint density at radius 1 is 1.19 bits per heavy atom. The van der Waals surface area contributed by atoms with Gasteiger partial charge >= 0.3 is 0 Å². The zero-order valence-electron chi connectivity index (χ0n) is 14.9. The first kappa shape index (κ1) is 19.4. The van der Waals surface area contributed by atoms with Gasteiger partial charge in [-0.15, -0.1) is 0 Å². The Morgan fingerprint density at radius 3 is 2.42 bits per heavy atom. The van der Waals surface area contributed by atoms with Crippen LogP contribution in [0.5, 0.6) is 0 Å². The van der Waals surface area contributed by atoms with E-state index in [-0.39, 0.29) is 44.7 Å². The second-order valence-electron chi connectivity index (χ2n) is 7.62. The summed E-state index contributed by atoms with van der Waals surface area (Å²) in [6.07, 6.45) is 4.29. The first-order valence-corrected chi connectivity index (χ1v) is 9.69. The molecule has 0 aromatic heterocycles. The summed E-state index contributed by atoms with van der Waals surface area (Å²) in [6, 6.07) is 2.13. The molecule has 1 aromatic carbocycles. The van der Waals surface area contributed by atoms with Gasteiger partial charge in [-0.1, -0.05) is 43.0 Å². The molecule has 0 bridgehead atoms. The van der Waals surface area contributed by atoms with E-state index in [0.29, 0.717) is 6.42 Å². The van der Waals surface area contributed by atoms with E-state index in [2.05, 4.69) is 10.6 Å². The van der Waals surface area contributed by atoms with Crippen molar-refractivity contribution in [2.45, 2.75) is 45.1 Å². The van der Waals surface area contributed by atoms with Crippen LogP contribution in [0.15, 0.2) is 12.1 Å². The number of carbonyl (C=O) groups is 2. The normalized spacial score (nSPS) is 24.8. The topological polar surface area (TPSA) is 58.2 Å². The van der Waals surface area contributed by atoms with Crippen LogP contribution in [0.4, 0.5) is 4.39 Å². The molecule has 26 heavy (non-hydrogen) atoms. The van der Waals surface area contributed by atoms with Crippen molar-refractivity contribution in [3.63, 3.8) is 0 Å². The van der Waals surface area contributed by atoms with Gasteiger partial charge in [-0.2, -0.15) is 0 Å². The summed E-state index contributed by atoms with van der Waals surface area (Å²) in [6.45, 7) is 2.05. The lowest BCUT2D eigenvalue weighted by Crippen LogP contribution is -2.40. The van der Waals surface area contributed by atoms with E-state index in [1.807, 2.05) is 6.92 Å². The summed E-state index contributed by atoms with van der Waals surface area (Å²) in [7, 11) is 1.55. The Morgan fingerprint density at radius 2 is 1.81 bits per heavy atom. The van der Waals surface area contributed by atoms with E-state index in [1.165, 1.54) is 12.1 Å². The number of halogens is 3. The fraction of sp³-hybridized carbons (Fsp3) is 0.579. The molecule has 2 N–H and O–H groups in total. The molecule has 2 fully saturated rings. The van der Waals surface area contributed by atoms with E-state index in [9.17, 15) is 14.0 Å². The predicted molar refractivity (Wildman–Crippen MR) is 99.5 cm³/mol. The van der Waals surface area contributed by atoms with Crippen LogP contribution >= 0.6 is 23.2 Å². The maximum Gasteiger partial charge on any atom is 0.224 e. The molecule has 4 nitrogen and oxygen atoms in total. The number of rotatable bonds is 5. The molecule has 0 radical (unpaired) electrons. The zero-order chi connectivity index (χ0) is 19.1. The molecular formula is C19H23Cl2FN2O2. The minimum Gasteiger partial charge on any atom is -0.359 e. The Labute approximate surface area is 162 Å². The van der Waals surface area contributed by atoms with Crippen LogP contribution in [0.2, 0.25) is 10.0 Å². The Balaban J connectivity index is 1.90. The fourth-order valence-electron chi connectivity index (χ4n) is 4.08. The largest absolute Gasteiger partial charge is 0.359 e. The van der Waals surface area contributed by atoms with Crippen molar-refractivity contribution in [1.82, 2.24) is 10.6 Å². The van der Waals surface area contributed by atoms with E-state index in [4.69, 9.17) is 23.2 Å². The lowest BCUT2D eigenvalue weighted by Gasteiger charge is -2.36. The monoisotopic (exact) mass is 400 g/mol. The van der Waals surface area contributed by atoms with Crippen molar-refractivity contribution >= 4 is 35.0 Å². The minimum atomic E-state index is -0.574. The first-order valence-electron chi connectivity index (χ1n) is 8.94. The quantitative estimate of drug-likeness (QED) is 0.725. The molecule has 2 aliphatic carbocycles. The van der Waals surface area contributed by atoms with Gasteiger partial charge in [0.25, 0.3) is 0 Å². The van der Waals surface area contributed by atoms with Crippen molar-refractivity contribution in [3.05, 3.63) is 33.6 Å². The molecule has 0 heterocycles. The molecule has 2 amide bonds. The highest BCUT2D eigenvalue weighted by atomic mass is 35.5. The van der Waals surface area contributed by atoms with Gasteiger partial charge in [-0.25, -0.2) is 4.39 Å². The molecule has 2 aliphatic rings. The maximum atomic E-state index is 14.7. The molecule has 1 aromatic rings. The first-order chi connectivity index (χ1) is 12.3. The highest BCUT2D eigenvalue weighted by Crippen LogP contribution is 2.50. The smallest absolute Gasteiger partial charge is 0.224 e. The average Bonchev–Trinajstić information content (AvgIpc) is 3.30. The molecule has 0 saturated heterocycles. The van der Waals surface area contributed by atoms with Crippen LogP contribution < -0.4 is 10.6 Å². The number of carbonyl (C=O) groups excluding carboxylic acids is 2. The van der Waals surface area contributed by atoms with Gasteiger partial charge in [-0.05, 0) is 36.8 Å². The molecule has 3 rings (SSSR count). The zero-order valence-corrected chi connectivity index (χ0v) is 16.4. The van der Waals surface area contributed by atoms with Crippen LogP contribution in [-0.2, 0) is 9.59 Å². The SMILES string of the molecule is CNC(=O)[C@@H]1C[C@H]1C(=O)N[C@H](c1c(F)ccc(Cl)c1Cl)C1(C)CCCC1. The number of hydrogen-bond donors (Lipinski definition) is 2. The van der Waals surface area contributed by atoms with Crippen molar-refractivity contribution in [2.75, 3.05) is 7.05 Å². The number of amides is 2. The molecule has 0 aliphatic heterocycles. The predicted octanol–water partition coefficient (Wildman–Crippen LogP) is 4.25. The van der Waals surface area contributed by atoms with Gasteiger partial charge < -0.3 is 10.6 Å². The summed E-state index contributed by atoms with van der Waals surface area (Å²) in [4.78, 5) is 24.5. The summed E-state index contributed by atoms with van der Waals surface area (Å²) >= 11 is 12.4. The summed E-state index contributed by atoms with van der Waals surface area (Å²) in [5.41, 5.74) is -0.0588.